The maximum atomic E-state index is 2.65. The minimum atomic E-state index is -0.0403. The summed E-state index contributed by atoms with van der Waals surface area (Å²) in [5.74, 6) is 1.26. The highest BCUT2D eigenvalue weighted by atomic mass is 15.1. The van der Waals surface area contributed by atoms with Crippen LogP contribution in [0.4, 0.5) is 17.1 Å². The average Bonchev–Trinajstić information content (AvgIpc) is 3.46. The summed E-state index contributed by atoms with van der Waals surface area (Å²) in [6.45, 7) is 4.78. The zero-order chi connectivity index (χ0) is 36.2. The lowest BCUT2D eigenvalue weighted by Crippen LogP contribution is -2.16. The second-order valence-electron chi connectivity index (χ2n) is 17.0. The molecular weight excluding hydrogens is 651 g/mol. The molecule has 0 spiro atoms. The van der Waals surface area contributed by atoms with Gasteiger partial charge >= 0.3 is 0 Å². The Morgan fingerprint density at radius 2 is 1.02 bits per heavy atom. The lowest BCUT2D eigenvalue weighted by Gasteiger charge is -2.33. The summed E-state index contributed by atoms with van der Waals surface area (Å²) < 4.78 is 0. The van der Waals surface area contributed by atoms with Crippen LogP contribution in [-0.4, -0.2) is 0 Å². The predicted molar refractivity (Wildman–Crippen MR) is 231 cm³/mol. The first-order valence-electron chi connectivity index (χ1n) is 20.7. The zero-order valence-corrected chi connectivity index (χ0v) is 32.0. The molecule has 0 atom stereocenters. The minimum Gasteiger partial charge on any atom is -0.310 e. The van der Waals surface area contributed by atoms with Crippen molar-refractivity contribution >= 4 is 38.6 Å². The number of hydrogen-bond acceptors (Lipinski definition) is 1. The standard InChI is InChI=1S/C53H51N/c1-53(2)49-27-14-13-25-46(49)48-35-42(29-30-50(48)53)54(43-33-40(36-16-5-3-6-17-36)32-41(34-43)37-18-7-4-8-19-37)51-31-28-39-21-10-12-24-45(39)52(51)47-26-15-22-38-20-9-11-23-44(38)47/h9-15,20-37H,3-8,16-19H2,1-2H3. The van der Waals surface area contributed by atoms with Gasteiger partial charge in [0.15, 0.2) is 0 Å². The molecule has 0 unspecified atom stereocenters. The molecule has 7 aromatic carbocycles. The van der Waals surface area contributed by atoms with Gasteiger partial charge in [-0.25, -0.2) is 0 Å². The Balaban J connectivity index is 1.27. The van der Waals surface area contributed by atoms with Crippen LogP contribution in [0.25, 0.3) is 43.8 Å². The summed E-state index contributed by atoms with van der Waals surface area (Å²) in [5.41, 5.74) is 15.0. The first-order valence-corrected chi connectivity index (χ1v) is 20.7. The normalized spacial score (nSPS) is 17.1. The largest absolute Gasteiger partial charge is 0.310 e. The molecule has 268 valence electrons. The number of anilines is 3. The Kier molecular flexibility index (Phi) is 8.43. The predicted octanol–water partition coefficient (Wildman–Crippen LogP) is 15.5. The van der Waals surface area contributed by atoms with Gasteiger partial charge in [-0.3, -0.25) is 0 Å². The maximum Gasteiger partial charge on any atom is 0.0546 e. The SMILES string of the molecule is CC1(C)c2ccccc2-c2cc(N(c3cc(C4CCCCC4)cc(C4CCCCC4)c3)c3ccc4ccccc4c3-c3cccc4ccccc34)ccc21. The Labute approximate surface area is 321 Å². The van der Waals surface area contributed by atoms with Crippen LogP contribution < -0.4 is 4.90 Å². The highest BCUT2D eigenvalue weighted by Crippen LogP contribution is 2.53. The van der Waals surface area contributed by atoms with Crippen molar-refractivity contribution in [3.05, 3.63) is 162 Å². The van der Waals surface area contributed by atoms with E-state index in [0.29, 0.717) is 11.8 Å². The summed E-state index contributed by atoms with van der Waals surface area (Å²) in [7, 11) is 0. The smallest absolute Gasteiger partial charge is 0.0546 e. The Hall–Kier alpha value is -5.14. The molecule has 7 aromatic rings. The van der Waals surface area contributed by atoms with Crippen molar-refractivity contribution in [2.24, 2.45) is 0 Å². The van der Waals surface area contributed by atoms with Gasteiger partial charge in [0.2, 0.25) is 0 Å². The monoisotopic (exact) mass is 701 g/mol. The van der Waals surface area contributed by atoms with Gasteiger partial charge in [0.1, 0.15) is 0 Å². The van der Waals surface area contributed by atoms with Gasteiger partial charge < -0.3 is 4.90 Å². The molecule has 3 aliphatic carbocycles. The summed E-state index contributed by atoms with van der Waals surface area (Å²) >= 11 is 0. The second kappa shape index (κ2) is 13.6. The fourth-order valence-corrected chi connectivity index (χ4v) is 10.6. The molecule has 3 aliphatic rings. The van der Waals surface area contributed by atoms with Gasteiger partial charge in [-0.2, -0.15) is 0 Å². The van der Waals surface area contributed by atoms with Crippen LogP contribution in [0.15, 0.2) is 140 Å². The molecule has 0 N–H and O–H groups in total. The van der Waals surface area contributed by atoms with Crippen LogP contribution in [-0.2, 0) is 5.41 Å². The number of hydrogen-bond donors (Lipinski definition) is 0. The van der Waals surface area contributed by atoms with Gasteiger partial charge in [0, 0.05) is 22.4 Å². The zero-order valence-electron chi connectivity index (χ0n) is 32.0. The molecule has 0 saturated heterocycles. The van der Waals surface area contributed by atoms with E-state index >= 15 is 0 Å². The molecule has 54 heavy (non-hydrogen) atoms. The fourth-order valence-electron chi connectivity index (χ4n) is 10.6. The fraction of sp³-hybridized carbons (Fsp3) is 0.283. The van der Waals surface area contributed by atoms with Crippen molar-refractivity contribution in [3.8, 4) is 22.3 Å². The topological polar surface area (TPSA) is 3.24 Å². The Morgan fingerprint density at radius 1 is 0.444 bits per heavy atom. The van der Waals surface area contributed by atoms with Crippen molar-refractivity contribution in [2.75, 3.05) is 4.90 Å². The second-order valence-corrected chi connectivity index (χ2v) is 17.0. The maximum absolute atomic E-state index is 2.65. The summed E-state index contributed by atoms with van der Waals surface area (Å²) in [6, 6.07) is 53.8. The van der Waals surface area contributed by atoms with E-state index in [1.807, 2.05) is 0 Å². The third-order valence-corrected chi connectivity index (χ3v) is 13.4. The van der Waals surface area contributed by atoms with E-state index in [9.17, 15) is 0 Å². The molecule has 1 heteroatoms. The highest BCUT2D eigenvalue weighted by Gasteiger charge is 2.36. The molecule has 0 radical (unpaired) electrons. The molecule has 0 heterocycles. The number of benzene rings is 7. The van der Waals surface area contributed by atoms with E-state index in [1.54, 1.807) is 11.1 Å². The highest BCUT2D eigenvalue weighted by molar-refractivity contribution is 6.11. The van der Waals surface area contributed by atoms with Gasteiger partial charge in [0.25, 0.3) is 0 Å². The lowest BCUT2D eigenvalue weighted by molar-refractivity contribution is 0.435. The quantitative estimate of drug-likeness (QED) is 0.167. The molecule has 0 aliphatic heterocycles. The van der Waals surface area contributed by atoms with Crippen LogP contribution in [0.3, 0.4) is 0 Å². The van der Waals surface area contributed by atoms with Crippen LogP contribution >= 0.6 is 0 Å². The van der Waals surface area contributed by atoms with Crippen molar-refractivity contribution < 1.29 is 0 Å². The minimum absolute atomic E-state index is 0.0403. The van der Waals surface area contributed by atoms with Crippen molar-refractivity contribution in [1.82, 2.24) is 0 Å². The molecule has 10 rings (SSSR count). The number of rotatable bonds is 6. The van der Waals surface area contributed by atoms with Crippen molar-refractivity contribution in [2.45, 2.75) is 95.3 Å². The van der Waals surface area contributed by atoms with Crippen molar-refractivity contribution in [3.63, 3.8) is 0 Å². The van der Waals surface area contributed by atoms with Crippen molar-refractivity contribution in [1.29, 1.82) is 0 Å². The van der Waals surface area contributed by atoms with Crippen LogP contribution in [0.5, 0.6) is 0 Å². The molecule has 0 bridgehead atoms. The molecule has 0 aromatic heterocycles. The Bertz CT molecular complexity index is 2470. The van der Waals surface area contributed by atoms with E-state index in [-0.39, 0.29) is 5.41 Å². The van der Waals surface area contributed by atoms with Crippen LogP contribution in [0, 0.1) is 0 Å². The first-order chi connectivity index (χ1) is 26.5. The summed E-state index contributed by atoms with van der Waals surface area (Å²) in [4.78, 5) is 2.65. The summed E-state index contributed by atoms with van der Waals surface area (Å²) in [6.07, 6.45) is 13.3. The molecule has 2 saturated carbocycles. The number of nitrogens with zero attached hydrogens (tertiary/aromatic N) is 1. The van der Waals surface area contributed by atoms with Gasteiger partial charge in [-0.15, -0.1) is 0 Å². The number of fused-ring (bicyclic) bond motifs is 5. The van der Waals surface area contributed by atoms with Gasteiger partial charge in [-0.05, 0) is 128 Å². The van der Waals surface area contributed by atoms with E-state index in [0.717, 1.165) is 0 Å². The van der Waals surface area contributed by atoms with Crippen LogP contribution in [0.2, 0.25) is 0 Å². The molecule has 1 nitrogen and oxygen atoms in total. The average molecular weight is 702 g/mol. The molecular formula is C53H51N. The lowest BCUT2D eigenvalue weighted by atomic mass is 9.79. The van der Waals surface area contributed by atoms with E-state index < -0.39 is 0 Å². The van der Waals surface area contributed by atoms with E-state index in [1.165, 1.54) is 136 Å². The first kappa shape index (κ1) is 33.4. The molecule has 2 fully saturated rings. The van der Waals surface area contributed by atoms with Crippen LogP contribution in [0.1, 0.15) is 112 Å². The Morgan fingerprint density at radius 3 is 1.74 bits per heavy atom. The third-order valence-electron chi connectivity index (χ3n) is 13.4. The van der Waals surface area contributed by atoms with E-state index in [4.69, 9.17) is 0 Å². The van der Waals surface area contributed by atoms with Gasteiger partial charge in [0.05, 0.1) is 5.69 Å². The third kappa shape index (κ3) is 5.67. The molecule has 0 amide bonds. The van der Waals surface area contributed by atoms with E-state index in [2.05, 4.69) is 158 Å². The van der Waals surface area contributed by atoms with Gasteiger partial charge in [-0.1, -0.05) is 162 Å². The summed E-state index contributed by atoms with van der Waals surface area (Å²) in [5, 5.41) is 5.13.